The summed E-state index contributed by atoms with van der Waals surface area (Å²) in [6.07, 6.45) is 4.54. The van der Waals surface area contributed by atoms with Crippen molar-refractivity contribution in [2.45, 2.75) is 39.0 Å². The molecule has 6 nitrogen and oxygen atoms in total. The van der Waals surface area contributed by atoms with Crippen molar-refractivity contribution in [2.24, 2.45) is 5.41 Å². The first-order valence-electron chi connectivity index (χ1n) is 7.11. The van der Waals surface area contributed by atoms with Gasteiger partial charge in [0.15, 0.2) is 0 Å². The molecule has 1 unspecified atom stereocenters. The molecule has 0 aromatic rings. The van der Waals surface area contributed by atoms with Crippen LogP contribution in [0.2, 0.25) is 0 Å². The quantitative estimate of drug-likeness (QED) is 0.809. The van der Waals surface area contributed by atoms with E-state index >= 15 is 0 Å². The van der Waals surface area contributed by atoms with Crippen LogP contribution in [0.3, 0.4) is 0 Å². The minimum Gasteiger partial charge on any atom is -0.481 e. The van der Waals surface area contributed by atoms with Gasteiger partial charge in [0.2, 0.25) is 0 Å². The van der Waals surface area contributed by atoms with Gasteiger partial charge < -0.3 is 10.0 Å². The highest BCUT2D eigenvalue weighted by atomic mass is 16.4. The zero-order chi connectivity index (χ0) is 13.9. The van der Waals surface area contributed by atoms with Gasteiger partial charge >= 0.3 is 12.0 Å². The lowest BCUT2D eigenvalue weighted by Crippen LogP contribution is -2.50. The number of rotatable bonds is 3. The Bertz CT molecular complexity index is 355. The predicted octanol–water partition coefficient (Wildman–Crippen LogP) is 1.28. The van der Waals surface area contributed by atoms with Gasteiger partial charge in [-0.25, -0.2) is 9.80 Å². The van der Waals surface area contributed by atoms with Crippen LogP contribution in [-0.4, -0.2) is 53.2 Å². The monoisotopic (exact) mass is 269 g/mol. The third-order valence-corrected chi connectivity index (χ3v) is 4.38. The Balaban J connectivity index is 1.89. The minimum absolute atomic E-state index is 0.154. The van der Waals surface area contributed by atoms with E-state index in [9.17, 15) is 14.7 Å². The molecular weight excluding hydrogens is 246 g/mol. The zero-order valence-corrected chi connectivity index (χ0v) is 11.5. The molecular formula is C13H23N3O3. The molecule has 0 aromatic heterocycles. The van der Waals surface area contributed by atoms with Crippen LogP contribution in [0, 0.1) is 5.41 Å². The van der Waals surface area contributed by atoms with Crippen molar-refractivity contribution in [3.8, 4) is 0 Å². The molecule has 0 bridgehead atoms. The largest absolute Gasteiger partial charge is 0.481 e. The van der Waals surface area contributed by atoms with Crippen molar-refractivity contribution < 1.29 is 14.7 Å². The highest BCUT2D eigenvalue weighted by Gasteiger charge is 2.44. The number of nitrogens with zero attached hydrogens (tertiary/aromatic N) is 2. The molecule has 0 saturated carbocycles. The van der Waals surface area contributed by atoms with E-state index in [2.05, 4.69) is 5.43 Å². The molecule has 2 rings (SSSR count). The van der Waals surface area contributed by atoms with Crippen molar-refractivity contribution in [3.63, 3.8) is 0 Å². The summed E-state index contributed by atoms with van der Waals surface area (Å²) in [6.45, 7) is 4.49. The molecule has 2 N–H and O–H groups in total. The molecule has 2 aliphatic heterocycles. The maximum Gasteiger partial charge on any atom is 0.331 e. The Hall–Kier alpha value is -1.30. The van der Waals surface area contributed by atoms with Gasteiger partial charge in [0, 0.05) is 26.2 Å². The van der Waals surface area contributed by atoms with E-state index in [0.29, 0.717) is 25.9 Å². The third-order valence-electron chi connectivity index (χ3n) is 4.38. The normalized spacial score (nSPS) is 28.4. The molecule has 6 heteroatoms. The molecule has 0 aromatic carbocycles. The van der Waals surface area contributed by atoms with Crippen molar-refractivity contribution in [2.75, 3.05) is 26.2 Å². The molecule has 108 valence electrons. The molecule has 19 heavy (non-hydrogen) atoms. The second-order valence-corrected chi connectivity index (χ2v) is 5.58. The summed E-state index contributed by atoms with van der Waals surface area (Å²) >= 11 is 0. The van der Waals surface area contributed by atoms with Crippen LogP contribution in [0.25, 0.3) is 0 Å². The van der Waals surface area contributed by atoms with Gasteiger partial charge in [-0.05, 0) is 25.7 Å². The molecule has 1 atom stereocenters. The number of piperidine rings is 1. The first-order valence-corrected chi connectivity index (χ1v) is 7.11. The fraction of sp³-hybridized carbons (Fsp3) is 0.846. The van der Waals surface area contributed by atoms with Crippen molar-refractivity contribution in [3.05, 3.63) is 0 Å². The Kier molecular flexibility index (Phi) is 4.29. The first kappa shape index (κ1) is 14.1. The third kappa shape index (κ3) is 3.00. The number of carbonyl (C=O) groups is 2. The van der Waals surface area contributed by atoms with E-state index in [0.717, 1.165) is 25.9 Å². The number of hydrogen-bond donors (Lipinski definition) is 2. The summed E-state index contributed by atoms with van der Waals surface area (Å²) in [5, 5.41) is 11.3. The maximum absolute atomic E-state index is 12.1. The van der Waals surface area contributed by atoms with Crippen LogP contribution in [0.4, 0.5) is 4.79 Å². The van der Waals surface area contributed by atoms with E-state index in [1.165, 1.54) is 6.42 Å². The van der Waals surface area contributed by atoms with Crippen LogP contribution in [-0.2, 0) is 4.79 Å². The summed E-state index contributed by atoms with van der Waals surface area (Å²) < 4.78 is 0. The smallest absolute Gasteiger partial charge is 0.331 e. The molecule has 2 saturated heterocycles. The first-order chi connectivity index (χ1) is 9.07. The van der Waals surface area contributed by atoms with E-state index in [4.69, 9.17) is 0 Å². The number of aliphatic carboxylic acids is 1. The van der Waals surface area contributed by atoms with Crippen LogP contribution in [0.5, 0.6) is 0 Å². The molecule has 2 fully saturated rings. The topological polar surface area (TPSA) is 72.9 Å². The maximum atomic E-state index is 12.1. The number of hydrazine groups is 1. The number of amides is 2. The van der Waals surface area contributed by atoms with Gasteiger partial charge in [-0.15, -0.1) is 0 Å². The van der Waals surface area contributed by atoms with Gasteiger partial charge in [-0.1, -0.05) is 13.3 Å². The number of carboxylic acid groups (broad SMARTS) is 1. The number of nitrogens with one attached hydrogen (secondary N) is 1. The second-order valence-electron chi connectivity index (χ2n) is 5.58. The standard InChI is InChI=1S/C13H23N3O3/c1-2-13(11(17)18)6-9-15(10-13)12(19)14-16-7-4-3-5-8-16/h2-10H2,1H3,(H,14,19)(H,17,18). The number of urea groups is 1. The van der Waals surface area contributed by atoms with Crippen LogP contribution in [0.1, 0.15) is 39.0 Å². The Labute approximate surface area is 113 Å². The lowest BCUT2D eigenvalue weighted by atomic mass is 9.84. The van der Waals surface area contributed by atoms with Crippen molar-refractivity contribution in [1.29, 1.82) is 0 Å². The predicted molar refractivity (Wildman–Crippen MR) is 70.5 cm³/mol. The van der Waals surface area contributed by atoms with Gasteiger partial charge in [0.1, 0.15) is 0 Å². The van der Waals surface area contributed by atoms with Crippen LogP contribution >= 0.6 is 0 Å². The zero-order valence-electron chi connectivity index (χ0n) is 11.5. The average molecular weight is 269 g/mol. The Morgan fingerprint density at radius 1 is 1.21 bits per heavy atom. The van der Waals surface area contributed by atoms with E-state index in [1.54, 1.807) is 4.90 Å². The van der Waals surface area contributed by atoms with Gasteiger partial charge in [0.25, 0.3) is 0 Å². The highest BCUT2D eigenvalue weighted by molar-refractivity contribution is 5.79. The highest BCUT2D eigenvalue weighted by Crippen LogP contribution is 2.34. The summed E-state index contributed by atoms with van der Waals surface area (Å²) in [6, 6.07) is -0.154. The molecule has 0 aliphatic carbocycles. The summed E-state index contributed by atoms with van der Waals surface area (Å²) in [5.74, 6) is -0.789. The summed E-state index contributed by atoms with van der Waals surface area (Å²) in [7, 11) is 0. The Morgan fingerprint density at radius 3 is 2.42 bits per heavy atom. The van der Waals surface area contributed by atoms with Crippen LogP contribution < -0.4 is 5.43 Å². The second kappa shape index (κ2) is 5.77. The van der Waals surface area contributed by atoms with E-state index in [-0.39, 0.29) is 6.03 Å². The number of carboxylic acids is 1. The summed E-state index contributed by atoms with van der Waals surface area (Å²) in [4.78, 5) is 25.1. The average Bonchev–Trinajstić information content (AvgIpc) is 2.86. The van der Waals surface area contributed by atoms with Crippen molar-refractivity contribution >= 4 is 12.0 Å². The van der Waals surface area contributed by atoms with Gasteiger partial charge in [-0.2, -0.15) is 0 Å². The fourth-order valence-electron chi connectivity index (χ4n) is 2.87. The molecule has 0 radical (unpaired) electrons. The van der Waals surface area contributed by atoms with Crippen molar-refractivity contribution in [1.82, 2.24) is 15.3 Å². The van der Waals surface area contributed by atoms with Gasteiger partial charge in [-0.3, -0.25) is 10.2 Å². The SMILES string of the molecule is CCC1(C(=O)O)CCN(C(=O)NN2CCCCC2)C1. The number of likely N-dealkylation sites (tertiary alicyclic amines) is 1. The number of hydrogen-bond acceptors (Lipinski definition) is 3. The van der Waals surface area contributed by atoms with E-state index in [1.807, 2.05) is 11.9 Å². The van der Waals surface area contributed by atoms with Crippen LogP contribution in [0.15, 0.2) is 0 Å². The molecule has 0 spiro atoms. The fourth-order valence-corrected chi connectivity index (χ4v) is 2.87. The molecule has 2 heterocycles. The number of carbonyl (C=O) groups excluding carboxylic acids is 1. The lowest BCUT2D eigenvalue weighted by Gasteiger charge is -2.29. The minimum atomic E-state index is -0.789. The molecule has 2 aliphatic rings. The van der Waals surface area contributed by atoms with Gasteiger partial charge in [0.05, 0.1) is 5.41 Å². The van der Waals surface area contributed by atoms with E-state index < -0.39 is 11.4 Å². The molecule has 2 amide bonds. The lowest BCUT2D eigenvalue weighted by molar-refractivity contribution is -0.148. The summed E-state index contributed by atoms with van der Waals surface area (Å²) in [5.41, 5.74) is 2.14. The Morgan fingerprint density at radius 2 is 1.89 bits per heavy atom.